The van der Waals surface area contributed by atoms with E-state index in [4.69, 9.17) is 8.83 Å². The number of hydrogen-bond acceptors (Lipinski definition) is 2. The van der Waals surface area contributed by atoms with Crippen LogP contribution in [0.3, 0.4) is 0 Å². The second-order valence-electron chi connectivity index (χ2n) is 8.04. The number of para-hydroxylation sites is 2. The monoisotopic (exact) mass is 875 g/mol. The van der Waals surface area contributed by atoms with E-state index in [0.29, 0.717) is 11.5 Å². The minimum absolute atomic E-state index is 0. The molecule has 0 fully saturated rings. The summed E-state index contributed by atoms with van der Waals surface area (Å²) in [6.07, 6.45) is 2.28. The van der Waals surface area contributed by atoms with Gasteiger partial charge >= 0.3 is 52.2 Å². The van der Waals surface area contributed by atoms with Crippen LogP contribution in [0.4, 0.5) is 0 Å². The standard InChI is InChI=1S/C16H8Br2O2.C10H10Br2.C4H9.2ClH.Cu.Li/c17-13-9-5-1-3-7-11(9)19-15(13)16-14(18)10-6-2-4-8-12(10)20-16;1-7-5-3-4-6-9(7)10(12)8(2)11;1-3-4-2;;;;/h1-8H;3-6H,1-2H3;1,3-4H2,2H3;2*1H;;/q;;-1;;;+2;+1/p-2/b;10-8-;;;;;. The Hall–Kier alpha value is 0.0969. The molecule has 0 aliphatic carbocycles. The van der Waals surface area contributed by atoms with Crippen LogP contribution in [-0.4, -0.2) is 0 Å². The second-order valence-corrected chi connectivity index (χ2v) is 13.2. The Morgan fingerprint density at radius 2 is 1.18 bits per heavy atom. The smallest absolute Gasteiger partial charge is 1.00 e. The maximum absolute atomic E-state index is 5.92. The van der Waals surface area contributed by atoms with E-state index in [2.05, 4.69) is 117 Å². The third-order valence-corrected chi connectivity index (χ3v) is 8.84. The molecule has 3 aromatic carbocycles. The number of aryl methyl sites for hydroxylation is 1. The average Bonchev–Trinajstić information content (AvgIpc) is 3.46. The molecule has 5 rings (SSSR count). The molecule has 213 valence electrons. The molecule has 2 heterocycles. The maximum atomic E-state index is 5.92. The van der Waals surface area contributed by atoms with Crippen molar-refractivity contribution in [3.63, 3.8) is 0 Å². The molecule has 0 aliphatic heterocycles. The summed E-state index contributed by atoms with van der Waals surface area (Å²) in [5.74, 6) is 1.41. The van der Waals surface area contributed by atoms with E-state index in [0.717, 1.165) is 59.4 Å². The molecule has 5 aromatic rings. The van der Waals surface area contributed by atoms with E-state index < -0.39 is 0 Å². The van der Waals surface area contributed by atoms with Crippen molar-refractivity contribution in [3.05, 3.63) is 104 Å². The van der Waals surface area contributed by atoms with Gasteiger partial charge in [0.15, 0.2) is 11.5 Å². The molecule has 0 saturated carbocycles. The topological polar surface area (TPSA) is 26.3 Å². The Bertz CT molecular complexity index is 1430. The summed E-state index contributed by atoms with van der Waals surface area (Å²) in [4.78, 5) is 0. The van der Waals surface area contributed by atoms with Crippen molar-refractivity contribution in [2.45, 2.75) is 33.6 Å². The van der Waals surface area contributed by atoms with Gasteiger partial charge in [0.05, 0.1) is 8.95 Å². The molecule has 0 unspecified atom stereocenters. The molecule has 2 aromatic heterocycles. The second kappa shape index (κ2) is 20.1. The number of hydrogen-bond donors (Lipinski definition) is 0. The predicted octanol–water partition coefficient (Wildman–Crippen LogP) is 10.8. The van der Waals surface area contributed by atoms with Gasteiger partial charge in [0.1, 0.15) is 11.2 Å². The fraction of sp³-hybridized carbons (Fsp3) is 0.167. The van der Waals surface area contributed by atoms with Crippen LogP contribution in [0.15, 0.2) is 95.1 Å². The summed E-state index contributed by atoms with van der Waals surface area (Å²) in [6.45, 7) is 9.85. The average molecular weight is 881 g/mol. The molecule has 0 spiro atoms. The van der Waals surface area contributed by atoms with Crippen LogP contribution in [0.2, 0.25) is 0 Å². The van der Waals surface area contributed by atoms with Crippen molar-refractivity contribution in [2.24, 2.45) is 0 Å². The molecule has 0 atom stereocenters. The summed E-state index contributed by atoms with van der Waals surface area (Å²) in [5.41, 5.74) is 4.19. The van der Waals surface area contributed by atoms with Crippen LogP contribution in [0, 0.1) is 13.8 Å². The van der Waals surface area contributed by atoms with Crippen LogP contribution in [0.1, 0.15) is 37.8 Å². The molecular weight excluding hydrogens is 853 g/mol. The van der Waals surface area contributed by atoms with E-state index in [1.54, 1.807) is 0 Å². The van der Waals surface area contributed by atoms with Gasteiger partial charge in [-0.25, -0.2) is 0 Å². The van der Waals surface area contributed by atoms with E-state index in [1.165, 1.54) is 17.5 Å². The molecule has 0 aliphatic rings. The van der Waals surface area contributed by atoms with E-state index in [1.807, 2.05) is 67.6 Å². The van der Waals surface area contributed by atoms with Crippen LogP contribution < -0.4 is 18.9 Å². The predicted molar refractivity (Wildman–Crippen MR) is 180 cm³/mol. The Kier molecular flexibility index (Phi) is 19.2. The molecule has 40 heavy (non-hydrogen) atoms. The minimum atomic E-state index is 0. The van der Waals surface area contributed by atoms with Crippen molar-refractivity contribution < 1.29 is 40.8 Å². The molecule has 10 heteroatoms. The molecule has 0 bridgehead atoms. The van der Waals surface area contributed by atoms with Crippen LogP contribution in [0.25, 0.3) is 37.9 Å². The zero-order chi connectivity index (χ0) is 28.9. The number of furan rings is 2. The van der Waals surface area contributed by atoms with Gasteiger partial charge < -0.3 is 15.8 Å². The van der Waals surface area contributed by atoms with Crippen LogP contribution >= 0.6 is 83.9 Å². The first kappa shape index (κ1) is 38.1. The zero-order valence-corrected chi connectivity index (χ0v) is 31.2. The molecule has 0 saturated heterocycles. The first-order valence-corrected chi connectivity index (χ1v) is 17.5. The summed E-state index contributed by atoms with van der Waals surface area (Å²) in [5, 5.41) is 2.07. The third kappa shape index (κ3) is 10.7. The Labute approximate surface area is 297 Å². The summed E-state index contributed by atoms with van der Waals surface area (Å²) in [7, 11) is 9.34. The van der Waals surface area contributed by atoms with Gasteiger partial charge in [0, 0.05) is 19.7 Å². The van der Waals surface area contributed by atoms with Gasteiger partial charge in [-0.05, 0) is 97.0 Å². The Balaban J connectivity index is 0.000000343. The molecule has 0 N–H and O–H groups in total. The SMILES string of the molecule is Brc1c(-c2oc3ccccc3c2Br)oc2ccccc12.C/C(Br)=C(/Br)c1ccccc1C.[CH2-]CCC.[Cl][Cu][Cl].[Li+]. The van der Waals surface area contributed by atoms with E-state index in [-0.39, 0.29) is 18.9 Å². The van der Waals surface area contributed by atoms with Crippen molar-refractivity contribution in [3.8, 4) is 11.5 Å². The summed E-state index contributed by atoms with van der Waals surface area (Å²) < 4.78 is 15.9. The number of unbranched alkanes of at least 4 members (excludes halogenated alkanes) is 1. The fourth-order valence-corrected chi connectivity index (χ4v) is 5.16. The quantitative estimate of drug-likeness (QED) is 0.133. The van der Waals surface area contributed by atoms with E-state index >= 15 is 0 Å². The van der Waals surface area contributed by atoms with Crippen molar-refractivity contribution in [2.75, 3.05) is 0 Å². The molecule has 0 amide bonds. The van der Waals surface area contributed by atoms with Gasteiger partial charge in [-0.15, -0.1) is 0 Å². The van der Waals surface area contributed by atoms with Gasteiger partial charge in [0.25, 0.3) is 0 Å². The van der Waals surface area contributed by atoms with Crippen LogP contribution in [-0.2, 0) is 13.1 Å². The molecule has 0 radical (unpaired) electrons. The van der Waals surface area contributed by atoms with Gasteiger partial charge in [-0.1, -0.05) is 77.8 Å². The van der Waals surface area contributed by atoms with E-state index in [9.17, 15) is 0 Å². The number of rotatable bonds is 3. The minimum Gasteiger partial charge on any atom is 1.00 e. The Morgan fingerprint density at radius 3 is 1.52 bits per heavy atom. The summed E-state index contributed by atoms with van der Waals surface area (Å²) in [6, 6.07) is 24.1. The number of halogens is 6. The fourth-order valence-electron chi connectivity index (χ4n) is 3.32. The van der Waals surface area contributed by atoms with Gasteiger partial charge in [0.2, 0.25) is 0 Å². The zero-order valence-electron chi connectivity index (χ0n) is 22.4. The number of benzene rings is 3. The Morgan fingerprint density at radius 1 is 0.800 bits per heavy atom. The largest absolute Gasteiger partial charge is 1.00 e. The summed E-state index contributed by atoms with van der Waals surface area (Å²) >= 11 is 14.9. The first-order valence-electron chi connectivity index (χ1n) is 11.7. The number of allylic oxidation sites excluding steroid dienone is 1. The normalized spacial score (nSPS) is 10.8. The van der Waals surface area contributed by atoms with Crippen molar-refractivity contribution in [1.29, 1.82) is 0 Å². The van der Waals surface area contributed by atoms with Crippen molar-refractivity contribution in [1.82, 2.24) is 0 Å². The van der Waals surface area contributed by atoms with Crippen molar-refractivity contribution >= 4 is 110 Å². The maximum Gasteiger partial charge on any atom is 1.00 e. The third-order valence-electron chi connectivity index (χ3n) is 5.31. The van der Waals surface area contributed by atoms with Crippen LogP contribution in [0.5, 0.6) is 0 Å². The number of fused-ring (bicyclic) bond motifs is 2. The van der Waals surface area contributed by atoms with Gasteiger partial charge in [-0.3, -0.25) is 0 Å². The molecule has 2 nitrogen and oxygen atoms in total. The molecular formula is C30H27Br4Cl2CuLiO2. The first-order chi connectivity index (χ1) is 18.7. The van der Waals surface area contributed by atoms with Gasteiger partial charge in [-0.2, -0.15) is 6.42 Å².